The standard InChI is InChI=1S/C16H21N3O2/c1-2-3-16(21)18-13-4-5-15(12(10-13)11-17)19-8-6-14(20)7-9-19/h4-5,10,14,20H,2-3,6-9H2,1H3,(H,18,21). The molecule has 1 heterocycles. The van der Waals surface area contributed by atoms with Gasteiger partial charge in [0.05, 0.1) is 17.4 Å². The summed E-state index contributed by atoms with van der Waals surface area (Å²) in [5, 5.41) is 21.7. The lowest BCUT2D eigenvalue weighted by atomic mass is 10.0. The van der Waals surface area contributed by atoms with Crippen molar-refractivity contribution < 1.29 is 9.90 Å². The second-order valence-corrected chi connectivity index (χ2v) is 5.36. The van der Waals surface area contributed by atoms with Crippen LogP contribution in [0.2, 0.25) is 0 Å². The molecule has 0 atom stereocenters. The van der Waals surface area contributed by atoms with Crippen molar-refractivity contribution in [2.24, 2.45) is 0 Å². The molecule has 0 bridgehead atoms. The Hall–Kier alpha value is -2.06. The minimum atomic E-state index is -0.237. The molecule has 0 spiro atoms. The quantitative estimate of drug-likeness (QED) is 0.890. The summed E-state index contributed by atoms with van der Waals surface area (Å²) < 4.78 is 0. The Bertz CT molecular complexity index is 543. The highest BCUT2D eigenvalue weighted by molar-refractivity contribution is 5.91. The molecule has 0 aliphatic carbocycles. The Morgan fingerprint density at radius 2 is 2.19 bits per heavy atom. The predicted molar refractivity (Wildman–Crippen MR) is 82.1 cm³/mol. The van der Waals surface area contributed by atoms with E-state index < -0.39 is 0 Å². The van der Waals surface area contributed by atoms with Gasteiger partial charge in [-0.3, -0.25) is 4.79 Å². The molecule has 1 saturated heterocycles. The van der Waals surface area contributed by atoms with Gasteiger partial charge in [0.1, 0.15) is 6.07 Å². The summed E-state index contributed by atoms with van der Waals surface area (Å²) in [6.07, 6.45) is 2.48. The molecular formula is C16H21N3O2. The number of carbonyl (C=O) groups is 1. The van der Waals surface area contributed by atoms with E-state index in [1.54, 1.807) is 6.07 Å². The Labute approximate surface area is 125 Å². The van der Waals surface area contributed by atoms with E-state index in [0.29, 0.717) is 17.7 Å². The Morgan fingerprint density at radius 3 is 2.81 bits per heavy atom. The smallest absolute Gasteiger partial charge is 0.224 e. The SMILES string of the molecule is CCCC(=O)Nc1ccc(N2CCC(O)CC2)c(C#N)c1. The number of nitriles is 1. The molecule has 0 unspecified atom stereocenters. The van der Waals surface area contributed by atoms with Gasteiger partial charge in [0.15, 0.2) is 0 Å². The Balaban J connectivity index is 2.13. The molecule has 0 radical (unpaired) electrons. The van der Waals surface area contributed by atoms with E-state index in [1.165, 1.54) is 0 Å². The average Bonchev–Trinajstić information content (AvgIpc) is 2.48. The van der Waals surface area contributed by atoms with Crippen molar-refractivity contribution in [3.63, 3.8) is 0 Å². The molecule has 1 aromatic carbocycles. The van der Waals surface area contributed by atoms with E-state index in [4.69, 9.17) is 0 Å². The third-order valence-electron chi connectivity index (χ3n) is 3.68. The zero-order valence-electron chi connectivity index (χ0n) is 12.3. The number of piperidine rings is 1. The van der Waals surface area contributed by atoms with Crippen LogP contribution in [0.15, 0.2) is 18.2 Å². The summed E-state index contributed by atoms with van der Waals surface area (Å²) in [4.78, 5) is 13.7. The van der Waals surface area contributed by atoms with Gasteiger partial charge in [-0.2, -0.15) is 5.26 Å². The third-order valence-corrected chi connectivity index (χ3v) is 3.68. The Morgan fingerprint density at radius 1 is 1.48 bits per heavy atom. The van der Waals surface area contributed by atoms with Crippen LogP contribution >= 0.6 is 0 Å². The highest BCUT2D eigenvalue weighted by atomic mass is 16.3. The molecule has 2 N–H and O–H groups in total. The predicted octanol–water partition coefficient (Wildman–Crippen LogP) is 2.26. The summed E-state index contributed by atoms with van der Waals surface area (Å²) in [5.74, 6) is -0.0322. The molecule has 1 aliphatic heterocycles. The molecule has 0 saturated carbocycles. The van der Waals surface area contributed by atoms with Crippen molar-refractivity contribution in [2.75, 3.05) is 23.3 Å². The van der Waals surface area contributed by atoms with E-state index in [9.17, 15) is 15.2 Å². The van der Waals surface area contributed by atoms with Crippen molar-refractivity contribution in [2.45, 2.75) is 38.7 Å². The van der Waals surface area contributed by atoms with Gasteiger partial charge in [0.2, 0.25) is 5.91 Å². The molecule has 1 amide bonds. The number of benzene rings is 1. The second-order valence-electron chi connectivity index (χ2n) is 5.36. The number of rotatable bonds is 4. The van der Waals surface area contributed by atoms with Crippen LogP contribution in [0, 0.1) is 11.3 Å². The molecule has 5 nitrogen and oxygen atoms in total. The maximum atomic E-state index is 11.6. The molecule has 1 aliphatic rings. The van der Waals surface area contributed by atoms with Crippen molar-refractivity contribution >= 4 is 17.3 Å². The first-order chi connectivity index (χ1) is 10.1. The molecule has 21 heavy (non-hydrogen) atoms. The number of hydrogen-bond donors (Lipinski definition) is 2. The van der Waals surface area contributed by atoms with E-state index in [1.807, 2.05) is 19.1 Å². The van der Waals surface area contributed by atoms with Gasteiger partial charge in [-0.25, -0.2) is 0 Å². The fourth-order valence-corrected chi connectivity index (χ4v) is 2.54. The van der Waals surface area contributed by atoms with Crippen LogP contribution in [-0.4, -0.2) is 30.2 Å². The fourth-order valence-electron chi connectivity index (χ4n) is 2.54. The number of aliphatic hydroxyl groups is 1. The molecular weight excluding hydrogens is 266 g/mol. The van der Waals surface area contributed by atoms with E-state index >= 15 is 0 Å². The van der Waals surface area contributed by atoms with Crippen LogP contribution in [0.4, 0.5) is 11.4 Å². The van der Waals surface area contributed by atoms with Crippen molar-refractivity contribution in [1.29, 1.82) is 5.26 Å². The molecule has 5 heteroatoms. The van der Waals surface area contributed by atoms with Crippen LogP contribution < -0.4 is 10.2 Å². The monoisotopic (exact) mass is 287 g/mol. The molecule has 1 fully saturated rings. The van der Waals surface area contributed by atoms with E-state index in [0.717, 1.165) is 38.0 Å². The molecule has 0 aromatic heterocycles. The lowest BCUT2D eigenvalue weighted by Crippen LogP contribution is -2.36. The van der Waals surface area contributed by atoms with Crippen LogP contribution in [0.1, 0.15) is 38.2 Å². The summed E-state index contributed by atoms with van der Waals surface area (Å²) in [6, 6.07) is 7.61. The third kappa shape index (κ3) is 3.96. The summed E-state index contributed by atoms with van der Waals surface area (Å²) in [5.41, 5.74) is 2.09. The van der Waals surface area contributed by atoms with Crippen molar-refractivity contribution in [3.05, 3.63) is 23.8 Å². The zero-order chi connectivity index (χ0) is 15.2. The number of nitrogens with zero attached hydrogens (tertiary/aromatic N) is 2. The zero-order valence-corrected chi connectivity index (χ0v) is 12.3. The van der Waals surface area contributed by atoms with Crippen LogP contribution in [0.3, 0.4) is 0 Å². The maximum Gasteiger partial charge on any atom is 0.224 e. The second kappa shape index (κ2) is 7.09. The number of hydrogen-bond acceptors (Lipinski definition) is 4. The van der Waals surface area contributed by atoms with Gasteiger partial charge in [-0.15, -0.1) is 0 Å². The summed E-state index contributed by atoms with van der Waals surface area (Å²) in [7, 11) is 0. The van der Waals surface area contributed by atoms with Gasteiger partial charge in [0.25, 0.3) is 0 Å². The molecule has 112 valence electrons. The lowest BCUT2D eigenvalue weighted by molar-refractivity contribution is -0.116. The minimum Gasteiger partial charge on any atom is -0.393 e. The topological polar surface area (TPSA) is 76.4 Å². The molecule has 1 aromatic rings. The fraction of sp³-hybridized carbons (Fsp3) is 0.500. The minimum absolute atomic E-state index is 0.0322. The average molecular weight is 287 g/mol. The van der Waals surface area contributed by atoms with E-state index in [2.05, 4.69) is 16.3 Å². The first-order valence-electron chi connectivity index (χ1n) is 7.41. The maximum absolute atomic E-state index is 11.6. The highest BCUT2D eigenvalue weighted by Crippen LogP contribution is 2.26. The number of aliphatic hydroxyl groups excluding tert-OH is 1. The number of amides is 1. The lowest BCUT2D eigenvalue weighted by Gasteiger charge is -2.32. The first kappa shape index (κ1) is 15.3. The number of nitrogens with one attached hydrogen (secondary N) is 1. The summed E-state index contributed by atoms with van der Waals surface area (Å²) >= 11 is 0. The van der Waals surface area contributed by atoms with Gasteiger partial charge < -0.3 is 15.3 Å². The largest absolute Gasteiger partial charge is 0.393 e. The van der Waals surface area contributed by atoms with Crippen molar-refractivity contribution in [3.8, 4) is 6.07 Å². The first-order valence-corrected chi connectivity index (χ1v) is 7.41. The number of anilines is 2. The van der Waals surface area contributed by atoms with Gasteiger partial charge in [-0.1, -0.05) is 6.92 Å². The normalized spacial score (nSPS) is 15.6. The van der Waals surface area contributed by atoms with Crippen LogP contribution in [0.25, 0.3) is 0 Å². The molecule has 2 rings (SSSR count). The van der Waals surface area contributed by atoms with Gasteiger partial charge >= 0.3 is 0 Å². The van der Waals surface area contributed by atoms with Crippen molar-refractivity contribution in [1.82, 2.24) is 0 Å². The van der Waals surface area contributed by atoms with E-state index in [-0.39, 0.29) is 12.0 Å². The Kier molecular flexibility index (Phi) is 5.18. The van der Waals surface area contributed by atoms with Crippen LogP contribution in [0.5, 0.6) is 0 Å². The van der Waals surface area contributed by atoms with Crippen LogP contribution in [-0.2, 0) is 4.79 Å². The summed E-state index contributed by atoms with van der Waals surface area (Å²) in [6.45, 7) is 3.45. The number of carbonyl (C=O) groups excluding carboxylic acids is 1. The van der Waals surface area contributed by atoms with Gasteiger partial charge in [0, 0.05) is 25.2 Å². The van der Waals surface area contributed by atoms with Gasteiger partial charge in [-0.05, 0) is 37.5 Å². The highest BCUT2D eigenvalue weighted by Gasteiger charge is 2.19.